The van der Waals surface area contributed by atoms with Gasteiger partial charge in [-0.25, -0.2) is 0 Å². The Morgan fingerprint density at radius 2 is 0.550 bits per heavy atom. The number of unbranched alkanes of at least 4 members (excludes halogenated alkanes) is 33. The molecule has 352 valence electrons. The predicted octanol–water partition coefficient (Wildman–Crippen LogP) is 17.2. The molecule has 1 unspecified atom stereocenters. The number of carbonyl (C=O) groups is 3. The molecule has 0 aromatic rings. The zero-order valence-corrected chi connectivity index (χ0v) is 40.2. The highest BCUT2D eigenvalue weighted by Gasteiger charge is 2.19. The first-order valence-electron chi connectivity index (χ1n) is 26.3. The average Bonchev–Trinajstić information content (AvgIpc) is 3.24. The van der Waals surface area contributed by atoms with E-state index in [1.54, 1.807) is 0 Å². The molecule has 6 nitrogen and oxygen atoms in total. The lowest BCUT2D eigenvalue weighted by Gasteiger charge is -2.18. The summed E-state index contributed by atoms with van der Waals surface area (Å²) in [5.74, 6) is -0.875. The van der Waals surface area contributed by atoms with E-state index in [0.29, 0.717) is 19.3 Å². The molecular formula is C54H100O6. The quantitative estimate of drug-likeness (QED) is 0.0263. The van der Waals surface area contributed by atoms with E-state index in [2.05, 4.69) is 45.1 Å². The second-order valence-corrected chi connectivity index (χ2v) is 17.8. The Labute approximate surface area is 373 Å². The lowest BCUT2D eigenvalue weighted by atomic mass is 10.1. The second kappa shape index (κ2) is 49.5. The molecule has 0 bridgehead atoms. The molecule has 0 radical (unpaired) electrons. The molecule has 0 heterocycles. The van der Waals surface area contributed by atoms with Gasteiger partial charge in [0.2, 0.25) is 0 Å². The maximum atomic E-state index is 12.8. The molecule has 0 N–H and O–H groups in total. The molecule has 0 amide bonds. The van der Waals surface area contributed by atoms with Crippen LogP contribution in [0, 0.1) is 0 Å². The summed E-state index contributed by atoms with van der Waals surface area (Å²) in [7, 11) is 0. The van der Waals surface area contributed by atoms with Crippen LogP contribution in [0.25, 0.3) is 0 Å². The van der Waals surface area contributed by atoms with Crippen molar-refractivity contribution < 1.29 is 28.6 Å². The minimum absolute atomic E-state index is 0.0725. The van der Waals surface area contributed by atoms with Gasteiger partial charge in [0.15, 0.2) is 6.10 Å². The molecule has 0 fully saturated rings. The summed E-state index contributed by atoms with van der Waals surface area (Å²) >= 11 is 0. The van der Waals surface area contributed by atoms with Crippen molar-refractivity contribution in [1.29, 1.82) is 0 Å². The van der Waals surface area contributed by atoms with Gasteiger partial charge >= 0.3 is 17.9 Å². The van der Waals surface area contributed by atoms with Crippen LogP contribution < -0.4 is 0 Å². The molecule has 6 heteroatoms. The fraction of sp³-hybridized carbons (Fsp3) is 0.870. The van der Waals surface area contributed by atoms with Crippen molar-refractivity contribution >= 4 is 17.9 Å². The summed E-state index contributed by atoms with van der Waals surface area (Å²) in [6.07, 6.45) is 55.9. The SMILES string of the molecule is CCCCCCCC/C=C\CCCCCCCCCC(=O)OCC(COC(=O)CCCCCCCCCCCC)OC(=O)CCCCCCC/C=C\CCCCCCCC. The Morgan fingerprint density at radius 3 is 0.833 bits per heavy atom. The summed E-state index contributed by atoms with van der Waals surface area (Å²) < 4.78 is 16.8. The van der Waals surface area contributed by atoms with E-state index in [4.69, 9.17) is 14.2 Å². The smallest absolute Gasteiger partial charge is 0.306 e. The monoisotopic (exact) mass is 845 g/mol. The maximum Gasteiger partial charge on any atom is 0.306 e. The zero-order chi connectivity index (χ0) is 43.7. The fourth-order valence-electron chi connectivity index (χ4n) is 7.67. The van der Waals surface area contributed by atoms with Crippen LogP contribution in [0.3, 0.4) is 0 Å². The number of esters is 3. The highest BCUT2D eigenvalue weighted by molar-refractivity contribution is 5.71. The van der Waals surface area contributed by atoms with Crippen LogP contribution >= 0.6 is 0 Å². The minimum Gasteiger partial charge on any atom is -0.462 e. The first-order valence-corrected chi connectivity index (χ1v) is 26.3. The van der Waals surface area contributed by atoms with E-state index in [1.807, 2.05) is 0 Å². The van der Waals surface area contributed by atoms with Crippen molar-refractivity contribution in [3.63, 3.8) is 0 Å². The van der Waals surface area contributed by atoms with Crippen molar-refractivity contribution in [2.24, 2.45) is 0 Å². The van der Waals surface area contributed by atoms with Crippen LogP contribution in [0.2, 0.25) is 0 Å². The Morgan fingerprint density at radius 1 is 0.317 bits per heavy atom. The molecule has 0 aliphatic rings. The van der Waals surface area contributed by atoms with E-state index in [1.165, 1.54) is 180 Å². The summed E-state index contributed by atoms with van der Waals surface area (Å²) in [4.78, 5) is 37.9. The Balaban J connectivity index is 4.32. The number of carbonyl (C=O) groups excluding carboxylic acids is 3. The molecule has 0 saturated heterocycles. The van der Waals surface area contributed by atoms with Crippen molar-refractivity contribution in [1.82, 2.24) is 0 Å². The number of ether oxygens (including phenoxy) is 3. The van der Waals surface area contributed by atoms with Crippen molar-refractivity contribution in [2.45, 2.75) is 290 Å². The zero-order valence-electron chi connectivity index (χ0n) is 40.2. The van der Waals surface area contributed by atoms with Crippen LogP contribution in [-0.2, 0) is 28.6 Å². The third-order valence-corrected chi connectivity index (χ3v) is 11.7. The van der Waals surface area contributed by atoms with Crippen molar-refractivity contribution in [2.75, 3.05) is 13.2 Å². The molecule has 0 spiro atoms. The van der Waals surface area contributed by atoms with Gasteiger partial charge in [-0.15, -0.1) is 0 Å². The van der Waals surface area contributed by atoms with Gasteiger partial charge in [-0.1, -0.05) is 218 Å². The largest absolute Gasteiger partial charge is 0.462 e. The van der Waals surface area contributed by atoms with Gasteiger partial charge in [0.05, 0.1) is 0 Å². The first kappa shape index (κ1) is 57.9. The third-order valence-electron chi connectivity index (χ3n) is 11.7. The highest BCUT2D eigenvalue weighted by atomic mass is 16.6. The van der Waals surface area contributed by atoms with Gasteiger partial charge in [0.25, 0.3) is 0 Å². The van der Waals surface area contributed by atoms with E-state index in [9.17, 15) is 14.4 Å². The summed E-state index contributed by atoms with van der Waals surface area (Å²) in [6.45, 7) is 6.63. The average molecular weight is 845 g/mol. The molecule has 0 aromatic heterocycles. The van der Waals surface area contributed by atoms with Gasteiger partial charge in [-0.3, -0.25) is 14.4 Å². The van der Waals surface area contributed by atoms with Crippen LogP contribution in [-0.4, -0.2) is 37.2 Å². The van der Waals surface area contributed by atoms with Crippen molar-refractivity contribution in [3.8, 4) is 0 Å². The molecular weight excluding hydrogens is 745 g/mol. The lowest BCUT2D eigenvalue weighted by Crippen LogP contribution is -2.30. The molecule has 60 heavy (non-hydrogen) atoms. The van der Waals surface area contributed by atoms with Gasteiger partial charge in [-0.2, -0.15) is 0 Å². The molecule has 0 aliphatic heterocycles. The normalized spacial score (nSPS) is 12.1. The maximum absolute atomic E-state index is 12.8. The van der Waals surface area contributed by atoms with E-state index < -0.39 is 6.10 Å². The lowest BCUT2D eigenvalue weighted by molar-refractivity contribution is -0.167. The Kier molecular flexibility index (Phi) is 47.8. The van der Waals surface area contributed by atoms with Gasteiger partial charge < -0.3 is 14.2 Å². The Hall–Kier alpha value is -2.11. The van der Waals surface area contributed by atoms with E-state index in [0.717, 1.165) is 64.2 Å². The molecule has 0 saturated carbocycles. The second-order valence-electron chi connectivity index (χ2n) is 17.8. The first-order chi connectivity index (χ1) is 29.5. The highest BCUT2D eigenvalue weighted by Crippen LogP contribution is 2.15. The van der Waals surface area contributed by atoms with Crippen LogP contribution in [0.15, 0.2) is 24.3 Å². The fourth-order valence-corrected chi connectivity index (χ4v) is 7.67. The van der Waals surface area contributed by atoms with Crippen LogP contribution in [0.4, 0.5) is 0 Å². The molecule has 0 rings (SSSR count). The molecule has 1 atom stereocenters. The molecule has 0 aliphatic carbocycles. The number of allylic oxidation sites excluding steroid dienone is 4. The van der Waals surface area contributed by atoms with Gasteiger partial charge in [0, 0.05) is 19.3 Å². The number of hydrogen-bond acceptors (Lipinski definition) is 6. The number of rotatable bonds is 48. The predicted molar refractivity (Wildman–Crippen MR) is 256 cm³/mol. The molecule has 0 aromatic carbocycles. The number of hydrogen-bond donors (Lipinski definition) is 0. The Bertz CT molecular complexity index is 973. The van der Waals surface area contributed by atoms with Crippen molar-refractivity contribution in [3.05, 3.63) is 24.3 Å². The van der Waals surface area contributed by atoms with Crippen LogP contribution in [0.5, 0.6) is 0 Å². The van der Waals surface area contributed by atoms with Crippen LogP contribution in [0.1, 0.15) is 284 Å². The topological polar surface area (TPSA) is 78.9 Å². The third kappa shape index (κ3) is 46.9. The van der Waals surface area contributed by atoms with Gasteiger partial charge in [-0.05, 0) is 70.6 Å². The van der Waals surface area contributed by atoms with E-state index in [-0.39, 0.29) is 31.1 Å². The van der Waals surface area contributed by atoms with E-state index >= 15 is 0 Å². The summed E-state index contributed by atoms with van der Waals surface area (Å²) in [5.41, 5.74) is 0. The van der Waals surface area contributed by atoms with Gasteiger partial charge in [0.1, 0.15) is 13.2 Å². The summed E-state index contributed by atoms with van der Waals surface area (Å²) in [6, 6.07) is 0. The minimum atomic E-state index is -0.772. The standard InChI is InChI=1S/C54H100O6/c1-4-7-10-13-16-19-22-24-26-27-29-30-32-35-38-41-44-47-53(56)59-50-51(49-58-52(55)46-43-40-37-34-21-18-15-12-9-6-3)60-54(57)48-45-42-39-36-33-31-28-25-23-20-17-14-11-8-5-2/h24-26,28,51H,4-23,27,29-50H2,1-3H3/b26-24-,28-25-. The summed E-state index contributed by atoms with van der Waals surface area (Å²) in [5, 5.41) is 0.